The monoisotopic (exact) mass is 306 g/mol. The van der Waals surface area contributed by atoms with Crippen LogP contribution in [0.3, 0.4) is 0 Å². The molecular weight excluding hydrogens is 295 g/mol. The lowest BCUT2D eigenvalue weighted by molar-refractivity contribution is 0.144. The van der Waals surface area contributed by atoms with Crippen LogP contribution in [-0.2, 0) is 6.54 Å². The number of rotatable bonds is 4. The highest BCUT2D eigenvalue weighted by Gasteiger charge is 2.17. The zero-order valence-corrected chi connectivity index (χ0v) is 11.6. The second kappa shape index (κ2) is 5.63. The number of aliphatic hydroxyl groups is 1. The summed E-state index contributed by atoms with van der Waals surface area (Å²) in [7, 11) is 0. The highest BCUT2D eigenvalue weighted by Crippen LogP contribution is 2.22. The predicted octanol–water partition coefficient (Wildman–Crippen LogP) is 2.44. The summed E-state index contributed by atoms with van der Waals surface area (Å²) in [6.07, 6.45) is -1.18. The summed E-state index contributed by atoms with van der Waals surface area (Å²) in [6, 6.07) is 9.44. The highest BCUT2D eigenvalue weighted by molar-refractivity contribution is 7.13. The van der Waals surface area contributed by atoms with Crippen LogP contribution < -0.4 is 5.76 Å². The second-order valence-electron chi connectivity index (χ2n) is 4.37. The van der Waals surface area contributed by atoms with Crippen molar-refractivity contribution in [2.45, 2.75) is 12.6 Å². The van der Waals surface area contributed by atoms with Gasteiger partial charge < -0.3 is 9.52 Å². The topological polar surface area (TPSA) is 68.3 Å². The number of benzene rings is 1. The van der Waals surface area contributed by atoms with Crippen LogP contribution in [0.2, 0.25) is 0 Å². The van der Waals surface area contributed by atoms with Gasteiger partial charge in [-0.25, -0.2) is 9.18 Å². The van der Waals surface area contributed by atoms with E-state index >= 15 is 0 Å². The average molecular weight is 306 g/mol. The molecular formula is C14H11FN2O3S. The van der Waals surface area contributed by atoms with Gasteiger partial charge in [-0.05, 0) is 17.5 Å². The van der Waals surface area contributed by atoms with E-state index in [1.807, 2.05) is 11.4 Å². The van der Waals surface area contributed by atoms with Gasteiger partial charge >= 0.3 is 5.76 Å². The maximum atomic E-state index is 13.6. The Hall–Kier alpha value is -2.25. The Bertz CT molecular complexity index is 795. The molecule has 0 bridgehead atoms. The highest BCUT2D eigenvalue weighted by atomic mass is 32.1. The molecule has 0 saturated heterocycles. The number of hydrogen-bond donors (Lipinski definition) is 1. The van der Waals surface area contributed by atoms with E-state index in [9.17, 15) is 14.3 Å². The van der Waals surface area contributed by atoms with E-state index in [4.69, 9.17) is 4.42 Å². The van der Waals surface area contributed by atoms with Crippen molar-refractivity contribution < 1.29 is 13.9 Å². The molecule has 0 aliphatic rings. The lowest BCUT2D eigenvalue weighted by atomic mass is 10.1. The number of nitrogens with zero attached hydrogens (tertiary/aromatic N) is 2. The molecule has 1 atom stereocenters. The van der Waals surface area contributed by atoms with Crippen molar-refractivity contribution in [1.29, 1.82) is 0 Å². The molecule has 0 aliphatic carbocycles. The van der Waals surface area contributed by atoms with E-state index in [-0.39, 0.29) is 18.0 Å². The summed E-state index contributed by atoms with van der Waals surface area (Å²) in [6.45, 7) is -0.172. The number of thiophene rings is 1. The molecule has 1 N–H and O–H groups in total. The number of aliphatic hydroxyl groups excluding tert-OH is 1. The quantitative estimate of drug-likeness (QED) is 0.804. The molecule has 3 rings (SSSR count). The number of aromatic nitrogens is 2. The van der Waals surface area contributed by atoms with Gasteiger partial charge in [0.2, 0.25) is 0 Å². The molecule has 2 heterocycles. The van der Waals surface area contributed by atoms with Crippen molar-refractivity contribution in [3.8, 4) is 10.8 Å². The van der Waals surface area contributed by atoms with Gasteiger partial charge in [0, 0.05) is 5.56 Å². The Labute approximate surface area is 122 Å². The molecule has 0 radical (unpaired) electrons. The van der Waals surface area contributed by atoms with Crippen LogP contribution in [0.1, 0.15) is 11.7 Å². The Morgan fingerprint density at radius 3 is 2.86 bits per heavy atom. The van der Waals surface area contributed by atoms with E-state index in [2.05, 4.69) is 5.10 Å². The fraction of sp³-hybridized carbons (Fsp3) is 0.143. The molecule has 108 valence electrons. The van der Waals surface area contributed by atoms with Crippen molar-refractivity contribution in [2.75, 3.05) is 0 Å². The zero-order chi connectivity index (χ0) is 14.8. The van der Waals surface area contributed by atoms with Crippen molar-refractivity contribution in [1.82, 2.24) is 9.78 Å². The van der Waals surface area contributed by atoms with Crippen LogP contribution >= 0.6 is 11.3 Å². The molecule has 0 amide bonds. The molecule has 0 saturated carbocycles. The molecule has 0 aliphatic heterocycles. The Morgan fingerprint density at radius 2 is 2.14 bits per heavy atom. The van der Waals surface area contributed by atoms with Crippen LogP contribution in [-0.4, -0.2) is 14.9 Å². The van der Waals surface area contributed by atoms with E-state index in [0.29, 0.717) is 4.88 Å². The normalized spacial score (nSPS) is 12.5. The summed E-state index contributed by atoms with van der Waals surface area (Å²) >= 11 is 1.38. The lowest BCUT2D eigenvalue weighted by Gasteiger charge is -2.10. The molecule has 7 heteroatoms. The molecule has 5 nitrogen and oxygen atoms in total. The third-order valence-electron chi connectivity index (χ3n) is 2.95. The van der Waals surface area contributed by atoms with Crippen molar-refractivity contribution in [2.24, 2.45) is 0 Å². The smallest absolute Gasteiger partial charge is 0.387 e. The van der Waals surface area contributed by atoms with Gasteiger partial charge in [0.15, 0.2) is 0 Å². The van der Waals surface area contributed by atoms with Gasteiger partial charge in [0.1, 0.15) is 11.9 Å². The summed E-state index contributed by atoms with van der Waals surface area (Å²) in [5.41, 5.74) is 0.116. The molecule has 2 aromatic heterocycles. The van der Waals surface area contributed by atoms with Gasteiger partial charge in [-0.1, -0.05) is 24.3 Å². The molecule has 0 unspecified atom stereocenters. The van der Waals surface area contributed by atoms with Crippen LogP contribution in [0.25, 0.3) is 10.8 Å². The average Bonchev–Trinajstić information content (AvgIpc) is 3.10. The number of halogens is 1. The lowest BCUT2D eigenvalue weighted by Crippen LogP contribution is -2.20. The molecule has 0 spiro atoms. The third kappa shape index (κ3) is 2.79. The van der Waals surface area contributed by atoms with E-state index in [1.54, 1.807) is 12.1 Å². The van der Waals surface area contributed by atoms with E-state index in [1.165, 1.54) is 29.5 Å². The summed E-state index contributed by atoms with van der Waals surface area (Å²) in [5, 5.41) is 15.9. The largest absolute Gasteiger partial charge is 0.437 e. The number of hydrogen-bond acceptors (Lipinski definition) is 5. The van der Waals surface area contributed by atoms with Crippen molar-refractivity contribution in [3.05, 3.63) is 63.7 Å². The van der Waals surface area contributed by atoms with Gasteiger partial charge in [-0.15, -0.1) is 16.4 Å². The van der Waals surface area contributed by atoms with E-state index < -0.39 is 17.7 Å². The zero-order valence-electron chi connectivity index (χ0n) is 10.8. The molecule has 21 heavy (non-hydrogen) atoms. The van der Waals surface area contributed by atoms with Gasteiger partial charge in [0.25, 0.3) is 5.89 Å². The maximum absolute atomic E-state index is 13.6. The van der Waals surface area contributed by atoms with Crippen LogP contribution in [0.4, 0.5) is 4.39 Å². The first-order chi connectivity index (χ1) is 10.1. The standard InChI is InChI=1S/C14H11FN2O3S/c15-10-5-2-1-4-9(10)11(18)8-17-14(19)20-13(16-17)12-6-3-7-21-12/h1-7,11,18H,8H2/t11-/m0/s1. The maximum Gasteiger partial charge on any atom is 0.437 e. The van der Waals surface area contributed by atoms with Crippen molar-refractivity contribution >= 4 is 11.3 Å². The Morgan fingerprint density at radius 1 is 1.33 bits per heavy atom. The van der Waals surface area contributed by atoms with Crippen LogP contribution in [0.5, 0.6) is 0 Å². The first-order valence-electron chi connectivity index (χ1n) is 6.19. The van der Waals surface area contributed by atoms with Gasteiger partial charge in [-0.2, -0.15) is 4.68 Å². The minimum absolute atomic E-state index is 0.116. The van der Waals surface area contributed by atoms with Gasteiger partial charge in [-0.3, -0.25) is 0 Å². The first kappa shape index (κ1) is 13.7. The minimum Gasteiger partial charge on any atom is -0.387 e. The third-order valence-corrected chi connectivity index (χ3v) is 3.81. The molecule has 3 aromatic rings. The van der Waals surface area contributed by atoms with Crippen LogP contribution in [0.15, 0.2) is 51.0 Å². The fourth-order valence-electron chi connectivity index (χ4n) is 1.93. The minimum atomic E-state index is -1.18. The van der Waals surface area contributed by atoms with Crippen molar-refractivity contribution in [3.63, 3.8) is 0 Å². The molecule has 0 fully saturated rings. The summed E-state index contributed by atoms with van der Waals surface area (Å²) < 4.78 is 19.6. The molecule has 1 aromatic carbocycles. The summed E-state index contributed by atoms with van der Waals surface area (Å²) in [4.78, 5) is 12.4. The first-order valence-corrected chi connectivity index (χ1v) is 7.07. The summed E-state index contributed by atoms with van der Waals surface area (Å²) in [5.74, 6) is -1.02. The predicted molar refractivity (Wildman–Crippen MR) is 75.4 cm³/mol. The van der Waals surface area contributed by atoms with E-state index in [0.717, 1.165) is 4.68 Å². The SMILES string of the molecule is O=c1oc(-c2cccs2)nn1C[C@H](O)c1ccccc1F. The second-order valence-corrected chi connectivity index (χ2v) is 5.32. The van der Waals surface area contributed by atoms with Crippen LogP contribution in [0, 0.1) is 5.82 Å². The Balaban J connectivity index is 1.86. The fourth-order valence-corrected chi connectivity index (χ4v) is 2.57. The Kier molecular flexibility index (Phi) is 3.68. The van der Waals surface area contributed by atoms with Gasteiger partial charge in [0.05, 0.1) is 11.4 Å².